The minimum atomic E-state index is -3.98. The third-order valence-electron chi connectivity index (χ3n) is 7.88. The summed E-state index contributed by atoms with van der Waals surface area (Å²) in [7, 11) is -3.98. The lowest BCUT2D eigenvalue weighted by Crippen LogP contribution is -2.55. The number of carbonyl (C=O) groups excluding carboxylic acids is 1. The molecule has 0 aliphatic carbocycles. The first-order valence-corrected chi connectivity index (χ1v) is 15.2. The molecule has 2 aliphatic heterocycles. The number of amides is 1. The lowest BCUT2D eigenvalue weighted by atomic mass is 9.95. The number of piperidine rings is 1. The van der Waals surface area contributed by atoms with Crippen molar-refractivity contribution < 1.29 is 26.5 Å². The van der Waals surface area contributed by atoms with Crippen molar-refractivity contribution in [2.24, 2.45) is 5.92 Å². The summed E-state index contributed by atoms with van der Waals surface area (Å²) in [6.07, 6.45) is 3.47. The molecular formula is C30H34F2N4O4S. The van der Waals surface area contributed by atoms with E-state index in [4.69, 9.17) is 4.52 Å². The largest absolute Gasteiger partial charge is 0.365 e. The van der Waals surface area contributed by atoms with Gasteiger partial charge in [0, 0.05) is 62.0 Å². The normalized spacial score (nSPS) is 19.3. The fourth-order valence-corrected chi connectivity index (χ4v) is 7.40. The summed E-state index contributed by atoms with van der Waals surface area (Å²) in [6.45, 7) is 8.09. The second-order valence-electron chi connectivity index (χ2n) is 10.8. The number of piperazine rings is 1. The standard InChI is InChI=1S/C30H34F2N4O4S/c1-20-5-4-6-26(17-20)36-16-15-34(19-21(36)2)30(37)24-11-13-35(14-12-24)41(38,39)29-22(3)33-40-28(29)10-8-23-7-9-25(31)18-27(23)32/h4-10,17-18,21,24H,11-16,19H2,1-3H3/b10-8+. The minimum Gasteiger partial charge on any atom is -0.365 e. The smallest absolute Gasteiger partial charge is 0.248 e. The Morgan fingerprint density at radius 1 is 1.02 bits per heavy atom. The Bertz CT molecular complexity index is 1560. The van der Waals surface area contributed by atoms with Crippen molar-refractivity contribution in [3.05, 3.63) is 76.7 Å². The van der Waals surface area contributed by atoms with Gasteiger partial charge in [0.05, 0.1) is 0 Å². The average Bonchev–Trinajstić information content (AvgIpc) is 3.33. The molecule has 2 fully saturated rings. The molecule has 5 rings (SSSR count). The van der Waals surface area contributed by atoms with E-state index >= 15 is 0 Å². The number of aromatic nitrogens is 1. The maximum absolute atomic E-state index is 14.1. The van der Waals surface area contributed by atoms with Gasteiger partial charge in [-0.2, -0.15) is 4.31 Å². The first kappa shape index (κ1) is 28.9. The van der Waals surface area contributed by atoms with E-state index in [1.807, 2.05) is 11.0 Å². The van der Waals surface area contributed by atoms with E-state index in [1.165, 1.54) is 35.0 Å². The van der Waals surface area contributed by atoms with Crippen LogP contribution in [0.4, 0.5) is 14.5 Å². The Morgan fingerprint density at radius 2 is 1.78 bits per heavy atom. The van der Waals surface area contributed by atoms with Gasteiger partial charge in [0.1, 0.15) is 17.3 Å². The number of carbonyl (C=O) groups is 1. The quantitative estimate of drug-likeness (QED) is 0.411. The molecule has 0 saturated carbocycles. The van der Waals surface area contributed by atoms with Crippen LogP contribution in [0.15, 0.2) is 51.9 Å². The van der Waals surface area contributed by atoms with E-state index in [2.05, 4.69) is 42.1 Å². The number of benzene rings is 2. The fraction of sp³-hybridized carbons (Fsp3) is 0.400. The molecule has 1 amide bonds. The van der Waals surface area contributed by atoms with Crippen LogP contribution in [0.3, 0.4) is 0 Å². The van der Waals surface area contributed by atoms with Gasteiger partial charge in [-0.1, -0.05) is 17.3 Å². The number of rotatable bonds is 6. The lowest BCUT2D eigenvalue weighted by Gasteiger charge is -2.43. The molecule has 218 valence electrons. The highest BCUT2D eigenvalue weighted by Crippen LogP contribution is 2.31. The van der Waals surface area contributed by atoms with Crippen LogP contribution < -0.4 is 4.90 Å². The van der Waals surface area contributed by atoms with Crippen molar-refractivity contribution in [1.29, 1.82) is 0 Å². The SMILES string of the molecule is Cc1cccc(N2CCN(C(=O)C3CCN(S(=O)(=O)c4c(C)noc4/C=C/c4ccc(F)cc4F)CC3)CC2C)c1. The Morgan fingerprint density at radius 3 is 2.46 bits per heavy atom. The van der Waals surface area contributed by atoms with E-state index < -0.39 is 21.7 Å². The van der Waals surface area contributed by atoms with Crippen molar-refractivity contribution in [2.45, 2.75) is 44.6 Å². The molecule has 0 radical (unpaired) electrons. The summed E-state index contributed by atoms with van der Waals surface area (Å²) in [4.78, 5) is 17.5. The zero-order valence-corrected chi connectivity index (χ0v) is 24.2. The van der Waals surface area contributed by atoms with Gasteiger partial charge in [-0.3, -0.25) is 4.79 Å². The van der Waals surface area contributed by atoms with Gasteiger partial charge in [0.2, 0.25) is 15.9 Å². The molecule has 2 aliphatic rings. The van der Waals surface area contributed by atoms with Crippen LogP contribution in [0.2, 0.25) is 0 Å². The first-order chi connectivity index (χ1) is 19.5. The van der Waals surface area contributed by atoms with Crippen molar-refractivity contribution in [2.75, 3.05) is 37.6 Å². The van der Waals surface area contributed by atoms with Crippen molar-refractivity contribution in [3.63, 3.8) is 0 Å². The Kier molecular flexibility index (Phi) is 8.28. The molecule has 8 nitrogen and oxygen atoms in total. The number of aryl methyl sites for hydroxylation is 2. The zero-order chi connectivity index (χ0) is 29.3. The third kappa shape index (κ3) is 6.06. The van der Waals surface area contributed by atoms with Gasteiger partial charge in [0.25, 0.3) is 0 Å². The van der Waals surface area contributed by atoms with Gasteiger partial charge in [0.15, 0.2) is 10.7 Å². The molecule has 1 unspecified atom stereocenters. The third-order valence-corrected chi connectivity index (χ3v) is 9.94. The number of hydrogen-bond donors (Lipinski definition) is 0. The molecule has 0 spiro atoms. The highest BCUT2D eigenvalue weighted by molar-refractivity contribution is 7.89. The lowest BCUT2D eigenvalue weighted by molar-refractivity contribution is -0.137. The number of anilines is 1. The molecule has 3 aromatic rings. The molecule has 11 heteroatoms. The van der Waals surface area contributed by atoms with Gasteiger partial charge in [-0.15, -0.1) is 0 Å². The number of hydrogen-bond acceptors (Lipinski definition) is 6. The molecule has 41 heavy (non-hydrogen) atoms. The Balaban J connectivity index is 1.22. The Hall–Kier alpha value is -3.57. The van der Waals surface area contributed by atoms with Gasteiger partial charge in [-0.25, -0.2) is 17.2 Å². The summed E-state index contributed by atoms with van der Waals surface area (Å²) in [6, 6.07) is 11.6. The number of nitrogens with zero attached hydrogens (tertiary/aromatic N) is 4. The van der Waals surface area contributed by atoms with Crippen LogP contribution in [0.1, 0.15) is 42.3 Å². The van der Waals surface area contributed by atoms with E-state index in [9.17, 15) is 22.0 Å². The van der Waals surface area contributed by atoms with E-state index in [-0.39, 0.29) is 52.9 Å². The van der Waals surface area contributed by atoms with E-state index in [0.717, 1.165) is 24.4 Å². The van der Waals surface area contributed by atoms with Crippen LogP contribution >= 0.6 is 0 Å². The summed E-state index contributed by atoms with van der Waals surface area (Å²) in [5.74, 6) is -1.70. The molecule has 0 bridgehead atoms. The molecule has 3 heterocycles. The van der Waals surface area contributed by atoms with E-state index in [1.54, 1.807) is 0 Å². The van der Waals surface area contributed by atoms with Crippen LogP contribution in [-0.2, 0) is 14.8 Å². The second-order valence-corrected chi connectivity index (χ2v) is 12.7. The van der Waals surface area contributed by atoms with Crippen LogP contribution in [0.5, 0.6) is 0 Å². The van der Waals surface area contributed by atoms with Crippen LogP contribution in [-0.4, -0.2) is 67.5 Å². The van der Waals surface area contributed by atoms with Crippen LogP contribution in [0.25, 0.3) is 12.2 Å². The molecule has 1 atom stereocenters. The van der Waals surface area contributed by atoms with Gasteiger partial charge in [-0.05, 0) is 75.6 Å². The van der Waals surface area contributed by atoms with Gasteiger partial charge < -0.3 is 14.3 Å². The maximum atomic E-state index is 14.1. The summed E-state index contributed by atoms with van der Waals surface area (Å²) in [5.41, 5.74) is 2.62. The predicted octanol–water partition coefficient (Wildman–Crippen LogP) is 4.88. The molecule has 1 aromatic heterocycles. The average molecular weight is 585 g/mol. The van der Waals surface area contributed by atoms with E-state index in [0.29, 0.717) is 25.9 Å². The van der Waals surface area contributed by atoms with Crippen molar-refractivity contribution >= 4 is 33.8 Å². The molecule has 2 saturated heterocycles. The predicted molar refractivity (Wildman–Crippen MR) is 153 cm³/mol. The van der Waals surface area contributed by atoms with Crippen molar-refractivity contribution in [3.8, 4) is 0 Å². The zero-order valence-electron chi connectivity index (χ0n) is 23.4. The monoisotopic (exact) mass is 584 g/mol. The maximum Gasteiger partial charge on any atom is 0.248 e. The topological polar surface area (TPSA) is 87.0 Å². The fourth-order valence-electron chi connectivity index (χ4n) is 5.68. The summed E-state index contributed by atoms with van der Waals surface area (Å²) in [5, 5.41) is 3.82. The van der Waals surface area contributed by atoms with Gasteiger partial charge >= 0.3 is 0 Å². The molecule has 2 aromatic carbocycles. The highest BCUT2D eigenvalue weighted by Gasteiger charge is 2.38. The number of halogens is 2. The van der Waals surface area contributed by atoms with Crippen molar-refractivity contribution in [1.82, 2.24) is 14.4 Å². The van der Waals surface area contributed by atoms with Crippen LogP contribution in [0, 0.1) is 31.4 Å². The highest BCUT2D eigenvalue weighted by atomic mass is 32.2. The number of sulfonamides is 1. The summed E-state index contributed by atoms with van der Waals surface area (Å²) >= 11 is 0. The summed E-state index contributed by atoms with van der Waals surface area (Å²) < 4.78 is 61.1. The minimum absolute atomic E-state index is 0.0371. The Labute approximate surface area is 239 Å². The first-order valence-electron chi connectivity index (χ1n) is 13.8. The molecule has 0 N–H and O–H groups in total. The molecular weight excluding hydrogens is 550 g/mol. The second kappa shape index (κ2) is 11.7.